The maximum atomic E-state index is 6.28. The number of rotatable bonds is 5. The Labute approximate surface area is 124 Å². The van der Waals surface area contributed by atoms with Crippen molar-refractivity contribution in [1.82, 2.24) is 14.8 Å². The third kappa shape index (κ3) is 3.11. The molecule has 3 aromatic rings. The molecular weight excluding hydrogens is 260 g/mol. The molecule has 21 heavy (non-hydrogen) atoms. The number of aromatic nitrogens is 3. The van der Waals surface area contributed by atoms with Gasteiger partial charge in [0.25, 0.3) is 0 Å². The van der Waals surface area contributed by atoms with Crippen molar-refractivity contribution in [1.29, 1.82) is 0 Å². The Morgan fingerprint density at radius 1 is 1.19 bits per heavy atom. The van der Waals surface area contributed by atoms with E-state index in [0.29, 0.717) is 0 Å². The number of aryl methyl sites for hydroxylation is 2. The van der Waals surface area contributed by atoms with Crippen molar-refractivity contribution in [2.45, 2.75) is 25.3 Å². The number of benzene rings is 1. The molecule has 0 aliphatic carbocycles. The molecule has 108 valence electrons. The van der Waals surface area contributed by atoms with Crippen LogP contribution in [-0.4, -0.2) is 20.8 Å². The Morgan fingerprint density at radius 2 is 2.05 bits per heavy atom. The van der Waals surface area contributed by atoms with Crippen LogP contribution in [-0.2, 0) is 19.9 Å². The summed E-state index contributed by atoms with van der Waals surface area (Å²) < 4.78 is 1.93. The molecule has 0 aliphatic rings. The van der Waals surface area contributed by atoms with Crippen LogP contribution in [0.3, 0.4) is 0 Å². The molecule has 0 bridgehead atoms. The van der Waals surface area contributed by atoms with Gasteiger partial charge in [0.15, 0.2) is 0 Å². The van der Waals surface area contributed by atoms with Gasteiger partial charge < -0.3 is 5.73 Å². The smallest absolute Gasteiger partial charge is 0.0718 e. The number of pyridine rings is 1. The Kier molecular flexibility index (Phi) is 3.97. The molecule has 0 spiro atoms. The van der Waals surface area contributed by atoms with E-state index < -0.39 is 0 Å². The van der Waals surface area contributed by atoms with Crippen molar-refractivity contribution in [3.8, 4) is 0 Å². The zero-order chi connectivity index (χ0) is 14.7. The van der Waals surface area contributed by atoms with Crippen molar-refractivity contribution in [2.75, 3.05) is 0 Å². The summed E-state index contributed by atoms with van der Waals surface area (Å²) in [6.07, 6.45) is 6.41. The van der Waals surface area contributed by atoms with Gasteiger partial charge >= 0.3 is 0 Å². The molecule has 0 aliphatic heterocycles. The van der Waals surface area contributed by atoms with Gasteiger partial charge in [-0.1, -0.05) is 24.3 Å². The van der Waals surface area contributed by atoms with E-state index in [1.807, 2.05) is 30.1 Å². The van der Waals surface area contributed by atoms with Gasteiger partial charge in [-0.15, -0.1) is 0 Å². The first-order valence-electron chi connectivity index (χ1n) is 7.29. The Hall–Kier alpha value is -2.20. The van der Waals surface area contributed by atoms with Gasteiger partial charge in [0.2, 0.25) is 0 Å². The molecule has 4 nitrogen and oxygen atoms in total. The van der Waals surface area contributed by atoms with Gasteiger partial charge in [-0.25, -0.2) is 0 Å². The van der Waals surface area contributed by atoms with E-state index in [0.717, 1.165) is 30.5 Å². The largest absolute Gasteiger partial charge is 0.327 e. The van der Waals surface area contributed by atoms with Gasteiger partial charge in [0.05, 0.1) is 11.2 Å². The van der Waals surface area contributed by atoms with Crippen molar-refractivity contribution >= 4 is 10.9 Å². The number of hydrogen-bond acceptors (Lipinski definition) is 3. The zero-order valence-electron chi connectivity index (χ0n) is 12.2. The summed E-state index contributed by atoms with van der Waals surface area (Å²) >= 11 is 0. The predicted octanol–water partition coefficient (Wildman–Crippen LogP) is 2.47. The first-order valence-corrected chi connectivity index (χ1v) is 7.29. The molecule has 2 N–H and O–H groups in total. The van der Waals surface area contributed by atoms with E-state index in [1.165, 1.54) is 10.9 Å². The van der Waals surface area contributed by atoms with E-state index in [4.69, 9.17) is 5.73 Å². The molecule has 4 heteroatoms. The lowest BCUT2D eigenvalue weighted by molar-refractivity contribution is 0.596. The molecule has 2 heterocycles. The van der Waals surface area contributed by atoms with Crippen LogP contribution in [0.5, 0.6) is 0 Å². The summed E-state index contributed by atoms with van der Waals surface area (Å²) in [5.74, 6) is 0. The average molecular weight is 280 g/mol. The van der Waals surface area contributed by atoms with E-state index in [-0.39, 0.29) is 6.04 Å². The number of para-hydroxylation sites is 1. The molecule has 2 aromatic heterocycles. The summed E-state index contributed by atoms with van der Waals surface area (Å²) in [7, 11) is 1.98. The molecule has 1 atom stereocenters. The van der Waals surface area contributed by atoms with E-state index in [9.17, 15) is 0 Å². The lowest BCUT2D eigenvalue weighted by atomic mass is 10.0. The molecule has 0 saturated heterocycles. The van der Waals surface area contributed by atoms with E-state index in [1.54, 1.807) is 6.20 Å². The fourth-order valence-electron chi connectivity index (χ4n) is 2.69. The number of fused-ring (bicyclic) bond motifs is 1. The SMILES string of the molecule is Cn1nc(CC(N)CCc2cccnc2)c2ccccc21. The van der Waals surface area contributed by atoms with Crippen LogP contribution in [0.1, 0.15) is 17.7 Å². The van der Waals surface area contributed by atoms with Crippen LogP contribution >= 0.6 is 0 Å². The monoisotopic (exact) mass is 280 g/mol. The lowest BCUT2D eigenvalue weighted by Crippen LogP contribution is -2.24. The average Bonchev–Trinajstić information content (AvgIpc) is 2.83. The van der Waals surface area contributed by atoms with Crippen molar-refractivity contribution in [2.24, 2.45) is 12.8 Å². The number of nitrogens with two attached hydrogens (primary N) is 1. The molecule has 0 radical (unpaired) electrons. The van der Waals surface area contributed by atoms with Gasteiger partial charge in [0.1, 0.15) is 0 Å². The number of nitrogens with zero attached hydrogens (tertiary/aromatic N) is 3. The molecule has 0 fully saturated rings. The standard InChI is InChI=1S/C17H20N4/c1-21-17-7-3-2-6-15(17)16(20-21)11-14(18)9-8-13-5-4-10-19-12-13/h2-7,10,12,14H,8-9,11,18H2,1H3. The third-order valence-electron chi connectivity index (χ3n) is 3.82. The highest BCUT2D eigenvalue weighted by Gasteiger charge is 2.12. The van der Waals surface area contributed by atoms with Crippen LogP contribution in [0.2, 0.25) is 0 Å². The summed E-state index contributed by atoms with van der Waals surface area (Å²) in [6, 6.07) is 12.5. The maximum Gasteiger partial charge on any atom is 0.0718 e. The predicted molar refractivity (Wildman–Crippen MR) is 85.0 cm³/mol. The Morgan fingerprint density at radius 3 is 2.86 bits per heavy atom. The van der Waals surface area contributed by atoms with Gasteiger partial charge in [-0.2, -0.15) is 5.10 Å². The lowest BCUT2D eigenvalue weighted by Gasteiger charge is -2.10. The quantitative estimate of drug-likeness (QED) is 0.781. The minimum absolute atomic E-state index is 0.114. The van der Waals surface area contributed by atoms with E-state index in [2.05, 4.69) is 34.3 Å². The van der Waals surface area contributed by atoms with Gasteiger partial charge in [-0.3, -0.25) is 9.67 Å². The second kappa shape index (κ2) is 6.06. The summed E-state index contributed by atoms with van der Waals surface area (Å²) in [5.41, 5.74) is 9.77. The highest BCUT2D eigenvalue weighted by molar-refractivity contribution is 5.81. The van der Waals surface area contributed by atoms with Crippen LogP contribution < -0.4 is 5.73 Å². The van der Waals surface area contributed by atoms with Crippen molar-refractivity contribution < 1.29 is 0 Å². The fourth-order valence-corrected chi connectivity index (χ4v) is 2.69. The highest BCUT2D eigenvalue weighted by atomic mass is 15.3. The van der Waals surface area contributed by atoms with Crippen LogP contribution in [0.25, 0.3) is 10.9 Å². The van der Waals surface area contributed by atoms with Crippen molar-refractivity contribution in [3.63, 3.8) is 0 Å². The molecule has 0 amide bonds. The Bertz CT molecular complexity index is 718. The van der Waals surface area contributed by atoms with Crippen LogP contribution in [0, 0.1) is 0 Å². The molecule has 0 saturated carbocycles. The minimum Gasteiger partial charge on any atom is -0.327 e. The topological polar surface area (TPSA) is 56.7 Å². The molecular formula is C17H20N4. The highest BCUT2D eigenvalue weighted by Crippen LogP contribution is 2.19. The summed E-state index contributed by atoms with van der Waals surface area (Å²) in [6.45, 7) is 0. The van der Waals surface area contributed by atoms with Gasteiger partial charge in [0, 0.05) is 37.3 Å². The second-order valence-corrected chi connectivity index (χ2v) is 5.45. The minimum atomic E-state index is 0.114. The number of hydrogen-bond donors (Lipinski definition) is 1. The molecule has 3 rings (SSSR count). The maximum absolute atomic E-state index is 6.28. The van der Waals surface area contributed by atoms with Crippen LogP contribution in [0.4, 0.5) is 0 Å². The van der Waals surface area contributed by atoms with Crippen molar-refractivity contribution in [3.05, 3.63) is 60.0 Å². The third-order valence-corrected chi connectivity index (χ3v) is 3.82. The molecule has 1 unspecified atom stereocenters. The van der Waals surface area contributed by atoms with E-state index >= 15 is 0 Å². The summed E-state index contributed by atoms with van der Waals surface area (Å²) in [4.78, 5) is 4.13. The molecule has 1 aromatic carbocycles. The summed E-state index contributed by atoms with van der Waals surface area (Å²) in [5, 5.41) is 5.81. The second-order valence-electron chi connectivity index (χ2n) is 5.45. The zero-order valence-corrected chi connectivity index (χ0v) is 12.2. The normalized spacial score (nSPS) is 12.7. The Balaban J connectivity index is 1.68. The van der Waals surface area contributed by atoms with Crippen LogP contribution in [0.15, 0.2) is 48.8 Å². The fraction of sp³-hybridized carbons (Fsp3) is 0.294. The first kappa shape index (κ1) is 13.8. The first-order chi connectivity index (χ1) is 10.2. The van der Waals surface area contributed by atoms with Gasteiger partial charge in [-0.05, 0) is 30.5 Å².